The van der Waals surface area contributed by atoms with Crippen LogP contribution in [0.4, 0.5) is 5.69 Å². The lowest BCUT2D eigenvalue weighted by Crippen LogP contribution is -2.33. The summed E-state index contributed by atoms with van der Waals surface area (Å²) < 4.78 is 4.99. The standard InChI is InChI=1S/C23H28N2O5/c1-3-15(2)16-8-10-17(11-9-16)24-20(26)14-30-21(27)12-13-25-22(28)18-6-4-5-7-19(18)23(25)29/h4-5,8-11,15,18-19H,3,6-7,12-14H2,1-2H3,(H,24,26)/t15-,18-,19+/m0/s1. The van der Waals surface area contributed by atoms with E-state index in [4.69, 9.17) is 4.74 Å². The van der Waals surface area contributed by atoms with Gasteiger partial charge >= 0.3 is 5.97 Å². The highest BCUT2D eigenvalue weighted by Gasteiger charge is 2.46. The molecule has 1 aliphatic heterocycles. The van der Waals surface area contributed by atoms with E-state index in [0.29, 0.717) is 24.4 Å². The lowest BCUT2D eigenvalue weighted by molar-refractivity contribution is -0.148. The number of imide groups is 1. The van der Waals surface area contributed by atoms with Crippen molar-refractivity contribution in [3.05, 3.63) is 42.0 Å². The maximum atomic E-state index is 12.4. The van der Waals surface area contributed by atoms with Crippen molar-refractivity contribution in [3.63, 3.8) is 0 Å². The smallest absolute Gasteiger partial charge is 0.308 e. The molecule has 2 aliphatic rings. The van der Waals surface area contributed by atoms with Crippen molar-refractivity contribution in [3.8, 4) is 0 Å². The number of esters is 1. The van der Waals surface area contributed by atoms with Gasteiger partial charge in [0.1, 0.15) is 0 Å². The summed E-state index contributed by atoms with van der Waals surface area (Å²) in [5.41, 5.74) is 1.83. The Labute approximate surface area is 176 Å². The molecule has 1 aromatic carbocycles. The first-order valence-corrected chi connectivity index (χ1v) is 10.5. The summed E-state index contributed by atoms with van der Waals surface area (Å²) in [5, 5.41) is 2.68. The molecule has 3 amide bonds. The zero-order valence-electron chi connectivity index (χ0n) is 17.4. The van der Waals surface area contributed by atoms with Gasteiger partial charge in [0, 0.05) is 12.2 Å². The largest absolute Gasteiger partial charge is 0.456 e. The van der Waals surface area contributed by atoms with Crippen LogP contribution >= 0.6 is 0 Å². The molecule has 1 heterocycles. The molecular formula is C23H28N2O5. The fourth-order valence-corrected chi connectivity index (χ4v) is 3.84. The third kappa shape index (κ3) is 4.96. The van der Waals surface area contributed by atoms with Crippen molar-refractivity contribution in [2.75, 3.05) is 18.5 Å². The molecule has 1 aliphatic carbocycles. The average Bonchev–Trinajstić information content (AvgIpc) is 3.01. The predicted octanol–water partition coefficient (Wildman–Crippen LogP) is 3.02. The van der Waals surface area contributed by atoms with Crippen LogP contribution in [0, 0.1) is 11.8 Å². The summed E-state index contributed by atoms with van der Waals surface area (Å²) in [6.07, 6.45) is 5.88. The van der Waals surface area contributed by atoms with Gasteiger partial charge in [-0.25, -0.2) is 0 Å². The number of ether oxygens (including phenoxy) is 1. The van der Waals surface area contributed by atoms with Crippen molar-refractivity contribution < 1.29 is 23.9 Å². The van der Waals surface area contributed by atoms with Gasteiger partial charge in [-0.2, -0.15) is 0 Å². The molecule has 0 saturated carbocycles. The van der Waals surface area contributed by atoms with E-state index >= 15 is 0 Å². The van der Waals surface area contributed by atoms with Gasteiger partial charge in [-0.15, -0.1) is 0 Å². The van der Waals surface area contributed by atoms with Crippen LogP contribution in [-0.4, -0.2) is 41.7 Å². The third-order valence-electron chi connectivity index (χ3n) is 5.88. The minimum atomic E-state index is -0.620. The zero-order chi connectivity index (χ0) is 21.7. The van der Waals surface area contributed by atoms with E-state index in [1.165, 1.54) is 5.56 Å². The Morgan fingerprint density at radius 2 is 1.70 bits per heavy atom. The second-order valence-corrected chi connectivity index (χ2v) is 7.87. The Hall–Kier alpha value is -2.96. The minimum absolute atomic E-state index is 0.0117. The number of carbonyl (C=O) groups is 4. The van der Waals surface area contributed by atoms with Gasteiger partial charge in [0.25, 0.3) is 5.91 Å². The molecule has 0 radical (unpaired) electrons. The molecule has 0 aromatic heterocycles. The minimum Gasteiger partial charge on any atom is -0.456 e. The van der Waals surface area contributed by atoms with E-state index in [1.807, 2.05) is 36.4 Å². The molecule has 3 atom stereocenters. The van der Waals surface area contributed by atoms with Crippen molar-refractivity contribution in [2.45, 2.75) is 45.4 Å². The van der Waals surface area contributed by atoms with Crippen LogP contribution < -0.4 is 5.32 Å². The Bertz CT molecular complexity index is 820. The zero-order valence-corrected chi connectivity index (χ0v) is 17.4. The SMILES string of the molecule is CC[C@H](C)c1ccc(NC(=O)COC(=O)CCN2C(=O)[C@H]3CC=CC[C@H]3C2=O)cc1. The van der Waals surface area contributed by atoms with Crippen LogP contribution in [0.5, 0.6) is 0 Å². The molecule has 3 rings (SSSR count). The summed E-state index contributed by atoms with van der Waals surface area (Å²) in [7, 11) is 0. The van der Waals surface area contributed by atoms with Crippen molar-refractivity contribution in [1.82, 2.24) is 4.90 Å². The predicted molar refractivity (Wildman–Crippen MR) is 111 cm³/mol. The van der Waals surface area contributed by atoms with E-state index in [1.54, 1.807) is 0 Å². The van der Waals surface area contributed by atoms with Crippen LogP contribution in [0.15, 0.2) is 36.4 Å². The molecule has 0 spiro atoms. The molecule has 30 heavy (non-hydrogen) atoms. The molecule has 1 fully saturated rings. The lowest BCUT2D eigenvalue weighted by Gasteiger charge is -2.14. The highest BCUT2D eigenvalue weighted by molar-refractivity contribution is 6.05. The molecular weight excluding hydrogens is 384 g/mol. The highest BCUT2D eigenvalue weighted by Crippen LogP contribution is 2.35. The molecule has 0 unspecified atom stereocenters. The molecule has 0 bridgehead atoms. The number of fused-ring (bicyclic) bond motifs is 1. The second-order valence-electron chi connectivity index (χ2n) is 7.87. The number of benzene rings is 1. The number of carbonyl (C=O) groups excluding carboxylic acids is 4. The van der Waals surface area contributed by atoms with Crippen LogP contribution in [0.3, 0.4) is 0 Å². The number of hydrogen-bond donors (Lipinski definition) is 1. The van der Waals surface area contributed by atoms with Crippen molar-refractivity contribution in [2.24, 2.45) is 11.8 Å². The van der Waals surface area contributed by atoms with E-state index in [0.717, 1.165) is 11.3 Å². The monoisotopic (exact) mass is 412 g/mol. The molecule has 1 aromatic rings. The number of anilines is 1. The summed E-state index contributed by atoms with van der Waals surface area (Å²) in [4.78, 5) is 49.9. The Morgan fingerprint density at radius 1 is 1.10 bits per heavy atom. The number of hydrogen-bond acceptors (Lipinski definition) is 5. The number of likely N-dealkylation sites (tertiary alicyclic amines) is 1. The van der Waals surface area contributed by atoms with Gasteiger partial charge in [0.15, 0.2) is 6.61 Å². The topological polar surface area (TPSA) is 92.8 Å². The molecule has 7 nitrogen and oxygen atoms in total. The Kier molecular flexibility index (Phi) is 7.03. The highest BCUT2D eigenvalue weighted by atomic mass is 16.5. The fourth-order valence-electron chi connectivity index (χ4n) is 3.84. The quantitative estimate of drug-likeness (QED) is 0.402. The van der Waals surface area contributed by atoms with Gasteiger partial charge in [-0.05, 0) is 42.9 Å². The molecule has 1 N–H and O–H groups in total. The summed E-state index contributed by atoms with van der Waals surface area (Å²) in [6, 6.07) is 7.57. The van der Waals surface area contributed by atoms with E-state index in [9.17, 15) is 19.2 Å². The first-order chi connectivity index (χ1) is 14.4. The van der Waals surface area contributed by atoms with Crippen LogP contribution in [0.2, 0.25) is 0 Å². The number of amides is 3. The lowest BCUT2D eigenvalue weighted by atomic mass is 9.85. The van der Waals surface area contributed by atoms with Crippen LogP contribution in [0.1, 0.15) is 51.0 Å². The number of nitrogens with one attached hydrogen (secondary N) is 1. The van der Waals surface area contributed by atoms with Crippen LogP contribution in [0.25, 0.3) is 0 Å². The number of nitrogens with zero attached hydrogens (tertiary/aromatic N) is 1. The normalized spacial score (nSPS) is 21.3. The summed E-state index contributed by atoms with van der Waals surface area (Å²) >= 11 is 0. The maximum absolute atomic E-state index is 12.4. The van der Waals surface area contributed by atoms with Crippen molar-refractivity contribution >= 4 is 29.4 Å². The maximum Gasteiger partial charge on any atom is 0.308 e. The summed E-state index contributed by atoms with van der Waals surface area (Å²) in [6.45, 7) is 3.83. The van der Waals surface area contributed by atoms with Gasteiger partial charge in [0.05, 0.1) is 18.3 Å². The first kappa shape index (κ1) is 21.7. The number of allylic oxidation sites excluding steroid dienone is 2. The molecule has 160 valence electrons. The average molecular weight is 412 g/mol. The first-order valence-electron chi connectivity index (χ1n) is 10.5. The van der Waals surface area contributed by atoms with Gasteiger partial charge in [0.2, 0.25) is 11.8 Å². The van der Waals surface area contributed by atoms with E-state index in [-0.39, 0.29) is 36.6 Å². The second kappa shape index (κ2) is 9.69. The molecule has 1 saturated heterocycles. The fraction of sp³-hybridized carbons (Fsp3) is 0.478. The summed E-state index contributed by atoms with van der Waals surface area (Å²) in [5.74, 6) is -1.67. The van der Waals surface area contributed by atoms with Crippen LogP contribution in [-0.2, 0) is 23.9 Å². The Morgan fingerprint density at radius 3 is 2.27 bits per heavy atom. The number of rotatable bonds is 8. The van der Waals surface area contributed by atoms with Gasteiger partial charge in [-0.3, -0.25) is 24.1 Å². The van der Waals surface area contributed by atoms with E-state index in [2.05, 4.69) is 19.2 Å². The van der Waals surface area contributed by atoms with Gasteiger partial charge in [-0.1, -0.05) is 38.1 Å². The van der Waals surface area contributed by atoms with Gasteiger partial charge < -0.3 is 10.1 Å². The molecule has 7 heteroatoms. The third-order valence-corrected chi connectivity index (χ3v) is 5.88. The van der Waals surface area contributed by atoms with E-state index < -0.39 is 18.5 Å². The van der Waals surface area contributed by atoms with Crippen molar-refractivity contribution in [1.29, 1.82) is 0 Å². The Balaban J connectivity index is 1.41.